The monoisotopic (exact) mass is 270 g/mol. The smallest absolute Gasteiger partial charge is 0.0649 e. The van der Waals surface area contributed by atoms with Gasteiger partial charge in [0.05, 0.1) is 17.4 Å². The van der Waals surface area contributed by atoms with Crippen LogP contribution in [-0.2, 0) is 4.74 Å². The minimum atomic E-state index is 0.491. The van der Waals surface area contributed by atoms with Crippen molar-refractivity contribution in [1.82, 2.24) is 10.4 Å². The zero-order valence-electron chi connectivity index (χ0n) is 10.0. The molecule has 2 aliphatic heterocycles. The number of nitrogens with one attached hydrogen (secondary N) is 1. The van der Waals surface area contributed by atoms with Crippen LogP contribution in [0.4, 0.5) is 0 Å². The SMILES string of the molecule is C[C@H]1CC(NN2CCOCC2)c2ccsc2S1. The van der Waals surface area contributed by atoms with Crippen molar-refractivity contribution in [3.63, 3.8) is 0 Å². The van der Waals surface area contributed by atoms with Gasteiger partial charge in [0, 0.05) is 24.4 Å². The third kappa shape index (κ3) is 2.69. The molecule has 17 heavy (non-hydrogen) atoms. The molecule has 3 nitrogen and oxygen atoms in total. The molecule has 0 spiro atoms. The number of fused-ring (bicyclic) bond motifs is 1. The zero-order valence-corrected chi connectivity index (χ0v) is 11.6. The molecule has 5 heteroatoms. The second-order valence-electron chi connectivity index (χ2n) is 4.61. The lowest BCUT2D eigenvalue weighted by Gasteiger charge is -2.35. The summed E-state index contributed by atoms with van der Waals surface area (Å²) >= 11 is 3.89. The largest absolute Gasteiger partial charge is 0.379 e. The van der Waals surface area contributed by atoms with Gasteiger partial charge in [-0.05, 0) is 23.4 Å². The van der Waals surface area contributed by atoms with E-state index in [4.69, 9.17) is 4.74 Å². The summed E-state index contributed by atoms with van der Waals surface area (Å²) in [6, 6.07) is 2.77. The highest BCUT2D eigenvalue weighted by Gasteiger charge is 2.27. The van der Waals surface area contributed by atoms with Gasteiger partial charge in [-0.2, -0.15) is 0 Å². The van der Waals surface area contributed by atoms with Crippen molar-refractivity contribution < 1.29 is 4.74 Å². The summed E-state index contributed by atoms with van der Waals surface area (Å²) in [7, 11) is 0. The molecule has 3 rings (SSSR count). The number of thiophene rings is 1. The van der Waals surface area contributed by atoms with E-state index in [9.17, 15) is 0 Å². The number of nitrogens with zero attached hydrogens (tertiary/aromatic N) is 1. The van der Waals surface area contributed by atoms with Crippen LogP contribution in [0.5, 0.6) is 0 Å². The van der Waals surface area contributed by atoms with E-state index in [1.807, 2.05) is 23.1 Å². The van der Waals surface area contributed by atoms with Crippen LogP contribution in [0.1, 0.15) is 24.9 Å². The van der Waals surface area contributed by atoms with Crippen LogP contribution in [0.25, 0.3) is 0 Å². The fraction of sp³-hybridized carbons (Fsp3) is 0.667. The predicted molar refractivity (Wildman–Crippen MR) is 72.5 cm³/mol. The van der Waals surface area contributed by atoms with Gasteiger partial charge in [0.25, 0.3) is 0 Å². The lowest BCUT2D eigenvalue weighted by atomic mass is 10.1. The van der Waals surface area contributed by atoms with Crippen LogP contribution in [0, 0.1) is 0 Å². The van der Waals surface area contributed by atoms with E-state index in [1.54, 1.807) is 0 Å². The van der Waals surface area contributed by atoms with Gasteiger partial charge in [-0.3, -0.25) is 0 Å². The number of ether oxygens (including phenoxy) is 1. The van der Waals surface area contributed by atoms with Crippen LogP contribution in [-0.4, -0.2) is 36.6 Å². The summed E-state index contributed by atoms with van der Waals surface area (Å²) in [5, 5.41) is 5.24. The predicted octanol–water partition coefficient (Wildman–Crippen LogP) is 2.51. The average molecular weight is 270 g/mol. The van der Waals surface area contributed by atoms with Gasteiger partial charge in [-0.25, -0.2) is 10.4 Å². The van der Waals surface area contributed by atoms with Crippen molar-refractivity contribution in [2.45, 2.75) is 28.8 Å². The second kappa shape index (κ2) is 5.28. The minimum Gasteiger partial charge on any atom is -0.379 e. The first-order valence-electron chi connectivity index (χ1n) is 6.16. The number of hydrogen-bond acceptors (Lipinski definition) is 5. The quantitative estimate of drug-likeness (QED) is 0.892. The topological polar surface area (TPSA) is 24.5 Å². The first kappa shape index (κ1) is 12.0. The molecular weight excluding hydrogens is 252 g/mol. The Morgan fingerprint density at radius 2 is 2.24 bits per heavy atom. The molecule has 1 fully saturated rings. The Morgan fingerprint density at radius 3 is 3.06 bits per heavy atom. The first-order valence-corrected chi connectivity index (χ1v) is 7.92. The summed E-state index contributed by atoms with van der Waals surface area (Å²) in [6.45, 7) is 6.01. The van der Waals surface area contributed by atoms with Crippen LogP contribution in [0.15, 0.2) is 15.7 Å². The van der Waals surface area contributed by atoms with Crippen molar-refractivity contribution >= 4 is 23.1 Å². The van der Waals surface area contributed by atoms with Crippen molar-refractivity contribution in [2.75, 3.05) is 26.3 Å². The molecule has 1 saturated heterocycles. The summed E-state index contributed by atoms with van der Waals surface area (Å²) in [4.78, 5) is 0. The number of morpholine rings is 1. The maximum atomic E-state index is 5.38. The van der Waals surface area contributed by atoms with Gasteiger partial charge in [0.15, 0.2) is 0 Å². The average Bonchev–Trinajstić information content (AvgIpc) is 2.78. The Kier molecular flexibility index (Phi) is 3.72. The number of hydrazine groups is 1. The molecule has 2 aliphatic rings. The second-order valence-corrected chi connectivity index (χ2v) is 7.23. The standard InChI is InChI=1S/C12H18N2OS2/c1-9-8-11(10-2-7-16-12(10)17-9)13-14-3-5-15-6-4-14/h2,7,9,11,13H,3-6,8H2,1H3/t9-,11?/m0/s1. The van der Waals surface area contributed by atoms with E-state index >= 15 is 0 Å². The van der Waals surface area contributed by atoms with E-state index in [2.05, 4.69) is 28.8 Å². The number of hydrogen-bond donors (Lipinski definition) is 1. The van der Waals surface area contributed by atoms with Crippen molar-refractivity contribution in [2.24, 2.45) is 0 Å². The molecule has 1 unspecified atom stereocenters. The zero-order chi connectivity index (χ0) is 11.7. The van der Waals surface area contributed by atoms with Crippen molar-refractivity contribution in [1.29, 1.82) is 0 Å². The summed E-state index contributed by atoms with van der Waals surface area (Å²) < 4.78 is 6.88. The van der Waals surface area contributed by atoms with E-state index in [0.717, 1.165) is 26.3 Å². The van der Waals surface area contributed by atoms with Crippen molar-refractivity contribution in [3.05, 3.63) is 17.0 Å². The molecule has 1 N–H and O–H groups in total. The lowest BCUT2D eigenvalue weighted by Crippen LogP contribution is -2.48. The Bertz CT molecular complexity index is 376. The highest BCUT2D eigenvalue weighted by atomic mass is 32.2. The molecule has 2 atom stereocenters. The molecule has 0 amide bonds. The van der Waals surface area contributed by atoms with Gasteiger partial charge >= 0.3 is 0 Å². The fourth-order valence-electron chi connectivity index (χ4n) is 2.38. The third-order valence-electron chi connectivity index (χ3n) is 3.26. The number of rotatable bonds is 2. The Hall–Kier alpha value is -0.0700. The van der Waals surface area contributed by atoms with Crippen LogP contribution in [0.3, 0.4) is 0 Å². The van der Waals surface area contributed by atoms with Gasteiger partial charge in [0.1, 0.15) is 0 Å². The molecule has 0 aromatic carbocycles. The summed E-state index contributed by atoms with van der Waals surface area (Å²) in [5.41, 5.74) is 5.17. The molecule has 94 valence electrons. The highest BCUT2D eigenvalue weighted by molar-refractivity contribution is 8.01. The summed E-state index contributed by atoms with van der Waals surface area (Å²) in [6.07, 6.45) is 1.21. The molecule has 0 saturated carbocycles. The minimum absolute atomic E-state index is 0.491. The van der Waals surface area contributed by atoms with Crippen LogP contribution in [0.2, 0.25) is 0 Å². The number of thioether (sulfide) groups is 1. The van der Waals surface area contributed by atoms with Crippen molar-refractivity contribution in [3.8, 4) is 0 Å². The van der Waals surface area contributed by atoms with E-state index < -0.39 is 0 Å². The van der Waals surface area contributed by atoms with Gasteiger partial charge in [-0.15, -0.1) is 23.1 Å². The fourth-order valence-corrected chi connectivity index (χ4v) is 4.95. The maximum absolute atomic E-state index is 5.38. The van der Waals surface area contributed by atoms with E-state index in [-0.39, 0.29) is 0 Å². The molecule has 0 radical (unpaired) electrons. The Labute approximate surface area is 110 Å². The lowest BCUT2D eigenvalue weighted by molar-refractivity contribution is 0.00232. The molecule has 1 aromatic heterocycles. The van der Waals surface area contributed by atoms with Gasteiger partial charge in [-0.1, -0.05) is 6.92 Å². The highest BCUT2D eigenvalue weighted by Crippen LogP contribution is 2.43. The maximum Gasteiger partial charge on any atom is 0.0649 e. The third-order valence-corrected chi connectivity index (χ3v) is 5.60. The molecule has 3 heterocycles. The molecular formula is C12H18N2OS2. The molecule has 1 aromatic rings. The summed E-state index contributed by atoms with van der Waals surface area (Å²) in [5.74, 6) is 0. The van der Waals surface area contributed by atoms with E-state index in [0.29, 0.717) is 11.3 Å². The van der Waals surface area contributed by atoms with Crippen LogP contribution >= 0.6 is 23.1 Å². The Morgan fingerprint density at radius 1 is 1.41 bits per heavy atom. The first-order chi connectivity index (χ1) is 8.33. The molecule has 0 bridgehead atoms. The van der Waals surface area contributed by atoms with Crippen LogP contribution < -0.4 is 5.43 Å². The normalized spacial score (nSPS) is 30.2. The van der Waals surface area contributed by atoms with E-state index in [1.165, 1.54) is 16.2 Å². The van der Waals surface area contributed by atoms with Gasteiger partial charge < -0.3 is 4.74 Å². The molecule has 0 aliphatic carbocycles. The Balaban J connectivity index is 1.70. The van der Waals surface area contributed by atoms with Gasteiger partial charge in [0.2, 0.25) is 0 Å².